The number of ether oxygens (including phenoxy) is 3. The third-order valence-corrected chi connectivity index (χ3v) is 5.47. The van der Waals surface area contributed by atoms with Crippen LogP contribution >= 0.6 is 0 Å². The molecular formula is C20H26N2O6. The Balaban J connectivity index is 1.97. The van der Waals surface area contributed by atoms with Gasteiger partial charge in [0.25, 0.3) is 0 Å². The molecule has 2 heterocycles. The van der Waals surface area contributed by atoms with Gasteiger partial charge in [0, 0.05) is 19.6 Å². The van der Waals surface area contributed by atoms with Crippen molar-refractivity contribution >= 4 is 17.9 Å². The smallest absolute Gasteiger partial charge is 0.324 e. The van der Waals surface area contributed by atoms with Crippen molar-refractivity contribution in [3.63, 3.8) is 0 Å². The highest BCUT2D eigenvalue weighted by molar-refractivity contribution is 5.91. The molecule has 2 fully saturated rings. The number of esters is 3. The third-order valence-electron chi connectivity index (χ3n) is 5.47. The summed E-state index contributed by atoms with van der Waals surface area (Å²) in [5.41, 5.74) is 1.09. The van der Waals surface area contributed by atoms with Crippen LogP contribution in [0.1, 0.15) is 12.5 Å². The van der Waals surface area contributed by atoms with E-state index in [0.717, 1.165) is 5.56 Å². The Morgan fingerprint density at radius 3 is 2.21 bits per heavy atom. The zero-order valence-corrected chi connectivity index (χ0v) is 16.4. The summed E-state index contributed by atoms with van der Waals surface area (Å²) in [7, 11) is 2.54. The van der Waals surface area contributed by atoms with Crippen LogP contribution in [0.4, 0.5) is 0 Å². The number of benzene rings is 1. The van der Waals surface area contributed by atoms with Crippen LogP contribution in [-0.2, 0) is 35.1 Å². The summed E-state index contributed by atoms with van der Waals surface area (Å²) in [4.78, 5) is 41.9. The molecule has 1 aromatic rings. The molecule has 152 valence electrons. The van der Waals surface area contributed by atoms with Crippen LogP contribution < -0.4 is 0 Å². The molecular weight excluding hydrogens is 364 g/mol. The first-order valence-corrected chi connectivity index (χ1v) is 9.39. The number of hydrogen-bond donors (Lipinski definition) is 0. The largest absolute Gasteiger partial charge is 0.469 e. The van der Waals surface area contributed by atoms with E-state index in [9.17, 15) is 14.4 Å². The highest BCUT2D eigenvalue weighted by Gasteiger charge is 2.62. The lowest BCUT2D eigenvalue weighted by atomic mass is 9.88. The molecule has 0 bridgehead atoms. The van der Waals surface area contributed by atoms with Gasteiger partial charge < -0.3 is 14.2 Å². The van der Waals surface area contributed by atoms with Crippen LogP contribution in [0.5, 0.6) is 0 Å². The molecule has 0 spiro atoms. The molecule has 0 saturated carbocycles. The molecule has 0 aliphatic carbocycles. The number of nitrogens with zero attached hydrogens (tertiary/aromatic N) is 2. The fourth-order valence-electron chi connectivity index (χ4n) is 4.36. The van der Waals surface area contributed by atoms with E-state index >= 15 is 0 Å². The van der Waals surface area contributed by atoms with Crippen molar-refractivity contribution in [1.29, 1.82) is 0 Å². The normalized spacial score (nSPS) is 27.2. The third kappa shape index (κ3) is 3.62. The maximum absolute atomic E-state index is 12.7. The van der Waals surface area contributed by atoms with Crippen LogP contribution in [-0.4, -0.2) is 73.8 Å². The quantitative estimate of drug-likeness (QED) is 0.517. The maximum Gasteiger partial charge on any atom is 0.324 e. The molecule has 0 aromatic heterocycles. The van der Waals surface area contributed by atoms with Gasteiger partial charge in [-0.25, -0.2) is 0 Å². The van der Waals surface area contributed by atoms with E-state index in [1.165, 1.54) is 14.2 Å². The molecule has 2 aliphatic rings. The van der Waals surface area contributed by atoms with Gasteiger partial charge in [0.05, 0.1) is 32.9 Å². The summed E-state index contributed by atoms with van der Waals surface area (Å²) in [6.07, 6.45) is -0.439. The molecule has 1 aromatic carbocycles. The van der Waals surface area contributed by atoms with E-state index in [0.29, 0.717) is 19.6 Å². The zero-order valence-electron chi connectivity index (χ0n) is 16.4. The standard InChI is InChI=1S/C20H26N2O6/c1-4-28-20(25)16-14(18(23)26-2)15(19(24)27-3)17-21(10-11-22(16)17)12-13-8-6-5-7-9-13/h5-9,14-17H,4,10-12H2,1-3H3/t14-,15-,16+,17+/m1/s1. The molecule has 8 nitrogen and oxygen atoms in total. The lowest BCUT2D eigenvalue weighted by Crippen LogP contribution is -2.44. The van der Waals surface area contributed by atoms with Gasteiger partial charge in [-0.2, -0.15) is 0 Å². The van der Waals surface area contributed by atoms with Crippen LogP contribution in [0.2, 0.25) is 0 Å². The second-order valence-corrected chi connectivity index (χ2v) is 6.90. The first kappa shape index (κ1) is 20.3. The van der Waals surface area contributed by atoms with Gasteiger partial charge in [-0.15, -0.1) is 0 Å². The molecule has 0 N–H and O–H groups in total. The van der Waals surface area contributed by atoms with Gasteiger partial charge >= 0.3 is 17.9 Å². The lowest BCUT2D eigenvalue weighted by molar-refractivity contribution is -0.161. The van der Waals surface area contributed by atoms with Crippen molar-refractivity contribution in [2.45, 2.75) is 25.7 Å². The minimum atomic E-state index is -0.972. The van der Waals surface area contributed by atoms with Crippen LogP contribution in [0.15, 0.2) is 30.3 Å². The van der Waals surface area contributed by atoms with Crippen LogP contribution in [0.25, 0.3) is 0 Å². The molecule has 28 heavy (non-hydrogen) atoms. The molecule has 0 amide bonds. The Hall–Kier alpha value is -2.45. The molecule has 0 radical (unpaired) electrons. The van der Waals surface area contributed by atoms with Crippen molar-refractivity contribution in [2.75, 3.05) is 33.9 Å². The molecule has 8 heteroatoms. The molecule has 3 rings (SSSR count). The van der Waals surface area contributed by atoms with Crippen molar-refractivity contribution < 1.29 is 28.6 Å². The predicted octanol–water partition coefficient (Wildman–Crippen LogP) is 0.654. The van der Waals surface area contributed by atoms with E-state index in [1.807, 2.05) is 35.2 Å². The summed E-state index contributed by atoms with van der Waals surface area (Å²) >= 11 is 0. The number of carbonyl (C=O) groups is 3. The lowest BCUT2D eigenvalue weighted by Gasteiger charge is -2.29. The van der Waals surface area contributed by atoms with Gasteiger partial charge in [-0.3, -0.25) is 24.2 Å². The second kappa shape index (κ2) is 8.70. The minimum absolute atomic E-state index is 0.193. The Labute approximate surface area is 164 Å². The summed E-state index contributed by atoms with van der Waals surface area (Å²) in [6, 6.07) is 8.98. The zero-order chi connectivity index (χ0) is 20.3. The monoisotopic (exact) mass is 390 g/mol. The Morgan fingerprint density at radius 2 is 1.61 bits per heavy atom. The fourth-order valence-corrected chi connectivity index (χ4v) is 4.36. The van der Waals surface area contributed by atoms with Crippen LogP contribution in [0, 0.1) is 11.8 Å². The van der Waals surface area contributed by atoms with E-state index in [-0.39, 0.29) is 6.61 Å². The minimum Gasteiger partial charge on any atom is -0.469 e. The highest BCUT2D eigenvalue weighted by atomic mass is 16.5. The number of carbonyl (C=O) groups excluding carboxylic acids is 3. The van der Waals surface area contributed by atoms with Crippen LogP contribution in [0.3, 0.4) is 0 Å². The topological polar surface area (TPSA) is 85.4 Å². The SMILES string of the molecule is CCOC(=O)[C@@H]1[C@H](C(=O)OC)[C@@H](C(=O)OC)[C@H]2N(Cc3ccccc3)CCN12. The number of fused-ring (bicyclic) bond motifs is 1. The molecule has 2 saturated heterocycles. The summed E-state index contributed by atoms with van der Waals surface area (Å²) in [5, 5.41) is 0. The summed E-state index contributed by atoms with van der Waals surface area (Å²) in [5.74, 6) is -3.46. The summed E-state index contributed by atoms with van der Waals surface area (Å²) in [6.45, 7) is 3.71. The van der Waals surface area contributed by atoms with Gasteiger partial charge in [-0.05, 0) is 12.5 Å². The van der Waals surface area contributed by atoms with Gasteiger partial charge in [-0.1, -0.05) is 30.3 Å². The highest BCUT2D eigenvalue weighted by Crippen LogP contribution is 2.42. The first-order valence-electron chi connectivity index (χ1n) is 9.39. The van der Waals surface area contributed by atoms with E-state index in [2.05, 4.69) is 4.90 Å². The Bertz CT molecular complexity index is 725. The van der Waals surface area contributed by atoms with Gasteiger partial charge in [0.1, 0.15) is 12.0 Å². The second-order valence-electron chi connectivity index (χ2n) is 6.90. The van der Waals surface area contributed by atoms with E-state index < -0.39 is 42.0 Å². The maximum atomic E-state index is 12.7. The number of hydrogen-bond acceptors (Lipinski definition) is 8. The molecule has 0 unspecified atom stereocenters. The molecule has 2 aliphatic heterocycles. The first-order chi connectivity index (χ1) is 13.5. The Kier molecular flexibility index (Phi) is 6.31. The fraction of sp³-hybridized carbons (Fsp3) is 0.550. The van der Waals surface area contributed by atoms with Crippen molar-refractivity contribution in [2.24, 2.45) is 11.8 Å². The van der Waals surface area contributed by atoms with Gasteiger partial charge in [0.2, 0.25) is 0 Å². The van der Waals surface area contributed by atoms with Gasteiger partial charge in [0.15, 0.2) is 0 Å². The summed E-state index contributed by atoms with van der Waals surface area (Å²) < 4.78 is 15.2. The average molecular weight is 390 g/mol. The Morgan fingerprint density at radius 1 is 0.964 bits per heavy atom. The van der Waals surface area contributed by atoms with E-state index in [4.69, 9.17) is 14.2 Å². The van der Waals surface area contributed by atoms with Crippen molar-refractivity contribution in [3.8, 4) is 0 Å². The van der Waals surface area contributed by atoms with E-state index in [1.54, 1.807) is 6.92 Å². The average Bonchev–Trinajstić information content (AvgIpc) is 3.26. The predicted molar refractivity (Wildman–Crippen MR) is 98.8 cm³/mol. The van der Waals surface area contributed by atoms with Crippen molar-refractivity contribution in [1.82, 2.24) is 9.80 Å². The number of rotatable bonds is 6. The van der Waals surface area contributed by atoms with Crippen molar-refractivity contribution in [3.05, 3.63) is 35.9 Å². The molecule has 4 atom stereocenters. The number of methoxy groups -OCH3 is 2.